The molecular formula is C23H27N7O7S2. The van der Waals surface area contributed by atoms with Gasteiger partial charge in [0.2, 0.25) is 5.88 Å². The van der Waals surface area contributed by atoms with Gasteiger partial charge in [0.15, 0.2) is 5.82 Å². The third-order valence-electron chi connectivity index (χ3n) is 4.94. The lowest BCUT2D eigenvalue weighted by Crippen LogP contribution is -2.14. The zero-order valence-corrected chi connectivity index (χ0v) is 23.0. The van der Waals surface area contributed by atoms with Crippen molar-refractivity contribution in [3.8, 4) is 11.9 Å². The smallest absolute Gasteiger partial charge is 0.321 e. The second-order valence-electron chi connectivity index (χ2n) is 7.79. The quantitative estimate of drug-likeness (QED) is 0.222. The van der Waals surface area contributed by atoms with E-state index >= 15 is 0 Å². The molecule has 0 atom stereocenters. The van der Waals surface area contributed by atoms with Crippen LogP contribution in [-0.4, -0.2) is 46.0 Å². The molecule has 0 spiro atoms. The number of nitrogens with zero attached hydrogens (tertiary/aromatic N) is 3. The number of anilines is 4. The molecule has 39 heavy (non-hydrogen) atoms. The molecule has 16 heteroatoms. The molecule has 0 bridgehead atoms. The van der Waals surface area contributed by atoms with E-state index in [0.29, 0.717) is 22.8 Å². The van der Waals surface area contributed by atoms with Crippen LogP contribution in [-0.2, 0) is 20.0 Å². The van der Waals surface area contributed by atoms with Crippen molar-refractivity contribution in [1.29, 1.82) is 0 Å². The summed E-state index contributed by atoms with van der Waals surface area (Å²) in [5.74, 6) is 0.789. The first-order valence-corrected chi connectivity index (χ1v) is 14.0. The fraction of sp³-hybridized carbons (Fsp3) is 0.174. The number of methoxy groups -OCH3 is 2. The number of aryl methyl sites for hydroxylation is 2. The highest BCUT2D eigenvalue weighted by Gasteiger charge is 2.18. The molecule has 2 heterocycles. The van der Waals surface area contributed by atoms with Crippen molar-refractivity contribution in [1.82, 2.24) is 15.0 Å². The molecule has 2 aromatic heterocycles. The van der Waals surface area contributed by atoms with Crippen LogP contribution in [0, 0.1) is 13.8 Å². The summed E-state index contributed by atoms with van der Waals surface area (Å²) in [5, 5.41) is 0. The molecule has 4 aromatic rings. The van der Waals surface area contributed by atoms with Gasteiger partial charge in [-0.1, -0.05) is 0 Å². The lowest BCUT2D eigenvalue weighted by atomic mass is 10.3. The molecule has 0 aliphatic heterocycles. The molecule has 14 nitrogen and oxygen atoms in total. The minimum Gasteiger partial charge on any atom is -0.481 e. The van der Waals surface area contributed by atoms with Crippen LogP contribution >= 0.6 is 0 Å². The van der Waals surface area contributed by atoms with Crippen molar-refractivity contribution in [2.75, 3.05) is 35.1 Å². The summed E-state index contributed by atoms with van der Waals surface area (Å²) in [5.41, 5.74) is 12.6. The van der Waals surface area contributed by atoms with Crippen LogP contribution in [0.4, 0.5) is 23.2 Å². The van der Waals surface area contributed by atoms with Gasteiger partial charge in [0.1, 0.15) is 5.76 Å². The number of nitrogens with one attached hydrogen (secondary N) is 2. The average Bonchev–Trinajstić information content (AvgIpc) is 3.19. The van der Waals surface area contributed by atoms with Crippen molar-refractivity contribution >= 4 is 43.3 Å². The number of nitrogens with two attached hydrogens (primary N) is 2. The van der Waals surface area contributed by atoms with Crippen molar-refractivity contribution < 1.29 is 30.7 Å². The van der Waals surface area contributed by atoms with E-state index < -0.39 is 20.0 Å². The van der Waals surface area contributed by atoms with Gasteiger partial charge in [-0.05, 0) is 62.4 Å². The lowest BCUT2D eigenvalue weighted by molar-refractivity contribution is 0.353. The summed E-state index contributed by atoms with van der Waals surface area (Å²) in [6.45, 7) is 3.45. The Labute approximate surface area is 225 Å². The normalized spacial score (nSPS) is 11.2. The highest BCUT2D eigenvalue weighted by molar-refractivity contribution is 7.93. The Morgan fingerprint density at radius 1 is 0.744 bits per heavy atom. The predicted molar refractivity (Wildman–Crippen MR) is 144 cm³/mol. The maximum Gasteiger partial charge on any atom is 0.321 e. The Morgan fingerprint density at radius 3 is 1.69 bits per heavy atom. The summed E-state index contributed by atoms with van der Waals surface area (Å²) in [4.78, 5) is 11.9. The van der Waals surface area contributed by atoms with Crippen LogP contribution in [0.15, 0.2) is 68.8 Å². The fourth-order valence-corrected chi connectivity index (χ4v) is 4.75. The molecule has 6 N–H and O–H groups in total. The number of sulfonamides is 2. The van der Waals surface area contributed by atoms with E-state index in [9.17, 15) is 16.8 Å². The zero-order chi connectivity index (χ0) is 28.8. The van der Waals surface area contributed by atoms with Gasteiger partial charge < -0.3 is 25.4 Å². The minimum absolute atomic E-state index is 0.00986. The van der Waals surface area contributed by atoms with Gasteiger partial charge in [0.25, 0.3) is 20.0 Å². The van der Waals surface area contributed by atoms with Gasteiger partial charge in [0.05, 0.1) is 29.7 Å². The Kier molecular flexibility index (Phi) is 8.82. The van der Waals surface area contributed by atoms with Crippen molar-refractivity contribution in [2.45, 2.75) is 23.6 Å². The number of benzene rings is 2. The van der Waals surface area contributed by atoms with Crippen LogP contribution in [0.3, 0.4) is 0 Å². The number of nitrogen functional groups attached to an aromatic ring is 2. The van der Waals surface area contributed by atoms with E-state index in [1.165, 1.54) is 68.8 Å². The molecule has 208 valence electrons. The Balaban J connectivity index is 0.000000218. The molecule has 0 fully saturated rings. The maximum atomic E-state index is 12.2. The second kappa shape index (κ2) is 11.9. The molecule has 0 aliphatic rings. The molecule has 0 radical (unpaired) electrons. The van der Waals surface area contributed by atoms with Crippen molar-refractivity contribution in [3.05, 3.63) is 66.1 Å². The fourth-order valence-electron chi connectivity index (χ4n) is 2.83. The molecule has 0 saturated carbocycles. The topological polar surface area (TPSA) is 215 Å². The molecule has 2 aromatic carbocycles. The van der Waals surface area contributed by atoms with Crippen LogP contribution in [0.25, 0.3) is 0 Å². The van der Waals surface area contributed by atoms with Gasteiger partial charge in [0, 0.05) is 17.4 Å². The number of ether oxygens (including phenoxy) is 2. The number of hydrogen-bond donors (Lipinski definition) is 4. The van der Waals surface area contributed by atoms with E-state index in [2.05, 4.69) is 24.4 Å². The lowest BCUT2D eigenvalue weighted by Gasteiger charge is -2.09. The number of rotatable bonds is 8. The second-order valence-corrected chi connectivity index (χ2v) is 11.2. The van der Waals surface area contributed by atoms with Crippen molar-refractivity contribution in [2.24, 2.45) is 0 Å². The largest absolute Gasteiger partial charge is 0.481 e. The molecule has 0 amide bonds. The SMILES string of the molecule is COc1cc(NS(=O)(=O)c2ccc(N)cc2)nc(OC)n1.Cc1nc(NS(=O)(=O)c2ccc(N)cc2)oc1C. The molecule has 0 unspecified atom stereocenters. The monoisotopic (exact) mass is 577 g/mol. The van der Waals surface area contributed by atoms with E-state index in [0.717, 1.165) is 0 Å². The van der Waals surface area contributed by atoms with Crippen LogP contribution in [0.5, 0.6) is 11.9 Å². The number of hydrogen-bond acceptors (Lipinski definition) is 12. The van der Waals surface area contributed by atoms with Gasteiger partial charge in [-0.25, -0.2) is 21.6 Å². The molecule has 4 rings (SSSR count). The minimum atomic E-state index is -3.79. The summed E-state index contributed by atoms with van der Waals surface area (Å²) in [6, 6.07) is 12.9. The first-order valence-electron chi connectivity index (χ1n) is 11.0. The van der Waals surface area contributed by atoms with Crippen LogP contribution in [0.1, 0.15) is 11.5 Å². The van der Waals surface area contributed by atoms with Crippen LogP contribution in [0.2, 0.25) is 0 Å². The third kappa shape index (κ3) is 7.71. The van der Waals surface area contributed by atoms with E-state index in [1.807, 2.05) is 0 Å². The van der Waals surface area contributed by atoms with Gasteiger partial charge in [-0.15, -0.1) is 0 Å². The first kappa shape index (κ1) is 29.0. The van der Waals surface area contributed by atoms with Gasteiger partial charge in [-0.3, -0.25) is 4.72 Å². The summed E-state index contributed by atoms with van der Waals surface area (Å²) in [7, 11) is -4.71. The predicted octanol–water partition coefficient (Wildman–Crippen LogP) is 2.55. The van der Waals surface area contributed by atoms with E-state index in [-0.39, 0.29) is 33.5 Å². The average molecular weight is 578 g/mol. The summed E-state index contributed by atoms with van der Waals surface area (Å²) >= 11 is 0. The molecule has 0 saturated heterocycles. The standard InChI is InChI=1S/C12H14N4O4S.C11H13N3O3S/c1-19-11-7-10(14-12(15-11)20-2)16-21(17,18)9-5-3-8(13)4-6-9;1-7-8(2)17-11(13-7)14-18(15,16)10-5-3-9(12)4-6-10/h3-7H,13H2,1-2H3,(H,14,15,16);3-6H,12H2,1-2H3,(H,13,14). The summed E-state index contributed by atoms with van der Waals surface area (Å²) < 4.78 is 68.0. The maximum absolute atomic E-state index is 12.2. The van der Waals surface area contributed by atoms with E-state index in [4.69, 9.17) is 25.4 Å². The zero-order valence-electron chi connectivity index (χ0n) is 21.4. The summed E-state index contributed by atoms with van der Waals surface area (Å²) in [6.07, 6.45) is 0. The third-order valence-corrected chi connectivity index (χ3v) is 7.65. The van der Waals surface area contributed by atoms with Gasteiger partial charge in [-0.2, -0.15) is 15.0 Å². The Bertz CT molecular complexity index is 1600. The first-order chi connectivity index (χ1) is 18.3. The number of aromatic nitrogens is 3. The van der Waals surface area contributed by atoms with Crippen molar-refractivity contribution in [3.63, 3.8) is 0 Å². The molecular weight excluding hydrogens is 550 g/mol. The number of oxazole rings is 1. The highest BCUT2D eigenvalue weighted by Crippen LogP contribution is 2.21. The van der Waals surface area contributed by atoms with Gasteiger partial charge >= 0.3 is 12.0 Å². The van der Waals surface area contributed by atoms with E-state index in [1.54, 1.807) is 13.8 Å². The van der Waals surface area contributed by atoms with Crippen LogP contribution < -0.4 is 30.4 Å². The highest BCUT2D eigenvalue weighted by atomic mass is 32.2. The Hall–Kier alpha value is -4.57. The Morgan fingerprint density at radius 2 is 1.26 bits per heavy atom. The molecule has 0 aliphatic carbocycles.